The van der Waals surface area contributed by atoms with E-state index in [1.54, 1.807) is 37.3 Å². The van der Waals surface area contributed by atoms with E-state index in [0.717, 1.165) is 12.8 Å². The van der Waals surface area contributed by atoms with Crippen LogP contribution >= 0.6 is 0 Å². The Morgan fingerprint density at radius 2 is 2.39 bits per heavy atom. The zero-order chi connectivity index (χ0) is 13.2. The van der Waals surface area contributed by atoms with Gasteiger partial charge in [0.15, 0.2) is 0 Å². The van der Waals surface area contributed by atoms with Gasteiger partial charge in [-0.25, -0.2) is 0 Å². The zero-order valence-electron chi connectivity index (χ0n) is 10.8. The van der Waals surface area contributed by atoms with Gasteiger partial charge in [-0.1, -0.05) is 0 Å². The maximum atomic E-state index is 12.4. The molecule has 1 amide bonds. The average molecular weight is 249 g/mol. The van der Waals surface area contributed by atoms with Gasteiger partial charge in [-0.2, -0.15) is 0 Å². The number of hydrogen-bond donors (Lipinski definition) is 2. The van der Waals surface area contributed by atoms with Crippen molar-refractivity contribution in [3.05, 3.63) is 24.0 Å². The molecule has 98 valence electrons. The summed E-state index contributed by atoms with van der Waals surface area (Å²) in [7, 11) is 1.76. The standard InChI is InChI=1S/C13H19N3O2/c1-13(18)5-3-7-16(9-13)12(17)10-4-6-15-8-11(10)14-2/h4,6,8,14,18H,3,5,7,9H2,1-2H3. The van der Waals surface area contributed by atoms with E-state index in [-0.39, 0.29) is 5.91 Å². The van der Waals surface area contributed by atoms with Gasteiger partial charge in [0.2, 0.25) is 0 Å². The average Bonchev–Trinajstić information content (AvgIpc) is 2.36. The summed E-state index contributed by atoms with van der Waals surface area (Å²) in [5, 5.41) is 13.0. The van der Waals surface area contributed by atoms with E-state index >= 15 is 0 Å². The van der Waals surface area contributed by atoms with Crippen LogP contribution in [0.1, 0.15) is 30.1 Å². The second-order valence-corrected chi connectivity index (χ2v) is 5.00. The van der Waals surface area contributed by atoms with Crippen LogP contribution < -0.4 is 5.32 Å². The number of likely N-dealkylation sites (tertiary alicyclic amines) is 1. The molecule has 5 heteroatoms. The molecule has 1 fully saturated rings. The quantitative estimate of drug-likeness (QED) is 0.824. The summed E-state index contributed by atoms with van der Waals surface area (Å²) in [4.78, 5) is 18.1. The minimum absolute atomic E-state index is 0.0540. The van der Waals surface area contributed by atoms with Crippen LogP contribution in [0, 0.1) is 0 Å². The lowest BCUT2D eigenvalue weighted by Crippen LogP contribution is -2.48. The molecule has 0 bridgehead atoms. The molecule has 18 heavy (non-hydrogen) atoms. The van der Waals surface area contributed by atoms with Gasteiger partial charge in [-0.05, 0) is 25.8 Å². The molecule has 1 aliphatic rings. The third-order valence-electron chi connectivity index (χ3n) is 3.28. The molecule has 2 heterocycles. The van der Waals surface area contributed by atoms with Crippen LogP contribution in [-0.4, -0.2) is 46.6 Å². The van der Waals surface area contributed by atoms with Crippen molar-refractivity contribution in [2.24, 2.45) is 0 Å². The number of β-amino-alcohol motifs (C(OH)–C–C–N with tert-alkyl or cyclic N) is 1. The van der Waals surface area contributed by atoms with Crippen LogP contribution in [0.2, 0.25) is 0 Å². The second kappa shape index (κ2) is 4.94. The molecule has 2 N–H and O–H groups in total. The van der Waals surface area contributed by atoms with Crippen molar-refractivity contribution in [3.63, 3.8) is 0 Å². The van der Waals surface area contributed by atoms with Gasteiger partial charge < -0.3 is 15.3 Å². The molecular formula is C13H19N3O2. The number of piperidine rings is 1. The Hall–Kier alpha value is -1.62. The number of anilines is 1. The number of nitrogens with zero attached hydrogens (tertiary/aromatic N) is 2. The molecule has 5 nitrogen and oxygen atoms in total. The molecule has 0 aromatic carbocycles. The Kier molecular flexibility index (Phi) is 3.52. The Morgan fingerprint density at radius 1 is 1.61 bits per heavy atom. The van der Waals surface area contributed by atoms with E-state index in [1.807, 2.05) is 0 Å². The lowest BCUT2D eigenvalue weighted by atomic mass is 9.94. The largest absolute Gasteiger partial charge is 0.388 e. The fourth-order valence-electron chi connectivity index (χ4n) is 2.34. The highest BCUT2D eigenvalue weighted by molar-refractivity contribution is 5.99. The smallest absolute Gasteiger partial charge is 0.256 e. The highest BCUT2D eigenvalue weighted by Gasteiger charge is 2.31. The number of carbonyl (C=O) groups is 1. The molecule has 1 saturated heterocycles. The molecule has 0 spiro atoms. The maximum absolute atomic E-state index is 12.4. The van der Waals surface area contributed by atoms with E-state index in [9.17, 15) is 9.90 Å². The highest BCUT2D eigenvalue weighted by atomic mass is 16.3. The fourth-order valence-corrected chi connectivity index (χ4v) is 2.34. The summed E-state index contributed by atoms with van der Waals surface area (Å²) in [6, 6.07) is 1.71. The number of aromatic nitrogens is 1. The maximum Gasteiger partial charge on any atom is 0.256 e. The number of pyridine rings is 1. The van der Waals surface area contributed by atoms with E-state index in [1.165, 1.54) is 0 Å². The van der Waals surface area contributed by atoms with Gasteiger partial charge in [0.25, 0.3) is 5.91 Å². The first kappa shape index (κ1) is 12.8. The molecule has 0 aliphatic carbocycles. The van der Waals surface area contributed by atoms with Crippen LogP contribution in [0.15, 0.2) is 18.5 Å². The summed E-state index contributed by atoms with van der Waals surface area (Å²) in [6.45, 7) is 2.86. The van der Waals surface area contributed by atoms with Crippen molar-refractivity contribution in [1.82, 2.24) is 9.88 Å². The Labute approximate surface area is 107 Å². The number of aliphatic hydroxyl groups is 1. The first-order chi connectivity index (χ1) is 8.53. The van der Waals surface area contributed by atoms with E-state index in [2.05, 4.69) is 10.3 Å². The van der Waals surface area contributed by atoms with E-state index in [4.69, 9.17) is 0 Å². The normalized spacial score (nSPS) is 23.8. The predicted molar refractivity (Wildman–Crippen MR) is 69.5 cm³/mol. The molecule has 1 aromatic rings. The second-order valence-electron chi connectivity index (χ2n) is 5.00. The van der Waals surface area contributed by atoms with E-state index < -0.39 is 5.60 Å². The van der Waals surface area contributed by atoms with Crippen molar-refractivity contribution in [2.75, 3.05) is 25.5 Å². The lowest BCUT2D eigenvalue weighted by Gasteiger charge is -2.37. The molecule has 1 aliphatic heterocycles. The SMILES string of the molecule is CNc1cnccc1C(=O)N1CCCC(C)(O)C1. The zero-order valence-corrected chi connectivity index (χ0v) is 10.8. The Morgan fingerprint density at radius 3 is 3.06 bits per heavy atom. The van der Waals surface area contributed by atoms with Crippen LogP contribution in [0.25, 0.3) is 0 Å². The minimum Gasteiger partial charge on any atom is -0.388 e. The van der Waals surface area contributed by atoms with Gasteiger partial charge in [-0.15, -0.1) is 0 Å². The number of rotatable bonds is 2. The summed E-state index contributed by atoms with van der Waals surface area (Å²) < 4.78 is 0. The third-order valence-corrected chi connectivity index (χ3v) is 3.28. The van der Waals surface area contributed by atoms with Crippen molar-refractivity contribution in [3.8, 4) is 0 Å². The Balaban J connectivity index is 2.20. The first-order valence-corrected chi connectivity index (χ1v) is 6.17. The third kappa shape index (κ3) is 2.61. The highest BCUT2D eigenvalue weighted by Crippen LogP contribution is 2.23. The van der Waals surface area contributed by atoms with Crippen molar-refractivity contribution < 1.29 is 9.90 Å². The summed E-state index contributed by atoms with van der Waals surface area (Å²) in [6.07, 6.45) is 4.82. The fraction of sp³-hybridized carbons (Fsp3) is 0.538. The van der Waals surface area contributed by atoms with Crippen LogP contribution in [0.4, 0.5) is 5.69 Å². The van der Waals surface area contributed by atoms with Crippen molar-refractivity contribution in [1.29, 1.82) is 0 Å². The minimum atomic E-state index is -0.777. The molecule has 1 unspecified atom stereocenters. The van der Waals surface area contributed by atoms with Crippen LogP contribution in [0.3, 0.4) is 0 Å². The molecule has 2 rings (SSSR count). The molecule has 1 atom stereocenters. The monoisotopic (exact) mass is 249 g/mol. The molecular weight excluding hydrogens is 230 g/mol. The summed E-state index contributed by atoms with van der Waals surface area (Å²) in [5.74, 6) is -0.0540. The molecule has 0 radical (unpaired) electrons. The van der Waals surface area contributed by atoms with Gasteiger partial charge in [0.1, 0.15) is 0 Å². The van der Waals surface area contributed by atoms with Crippen molar-refractivity contribution >= 4 is 11.6 Å². The Bertz CT molecular complexity index is 446. The summed E-state index contributed by atoms with van der Waals surface area (Å²) >= 11 is 0. The topological polar surface area (TPSA) is 65.5 Å². The molecule has 1 aromatic heterocycles. The van der Waals surface area contributed by atoms with Crippen LogP contribution in [-0.2, 0) is 0 Å². The number of hydrogen-bond acceptors (Lipinski definition) is 4. The number of carbonyl (C=O) groups excluding carboxylic acids is 1. The van der Waals surface area contributed by atoms with Gasteiger partial charge in [0, 0.05) is 26.3 Å². The molecule has 0 saturated carbocycles. The van der Waals surface area contributed by atoms with Crippen LogP contribution in [0.5, 0.6) is 0 Å². The van der Waals surface area contributed by atoms with Crippen molar-refractivity contribution in [2.45, 2.75) is 25.4 Å². The number of amides is 1. The lowest BCUT2D eigenvalue weighted by molar-refractivity contribution is -0.0107. The van der Waals surface area contributed by atoms with Gasteiger partial charge >= 0.3 is 0 Å². The van der Waals surface area contributed by atoms with Gasteiger partial charge in [-0.3, -0.25) is 9.78 Å². The number of nitrogens with one attached hydrogen (secondary N) is 1. The van der Waals surface area contributed by atoms with Gasteiger partial charge in [0.05, 0.1) is 23.0 Å². The first-order valence-electron chi connectivity index (χ1n) is 6.17. The van der Waals surface area contributed by atoms with E-state index in [0.29, 0.717) is 24.3 Å². The summed E-state index contributed by atoms with van der Waals surface area (Å²) in [5.41, 5.74) is 0.540. The predicted octanol–water partition coefficient (Wildman–Crippen LogP) is 1.11.